The molecule has 5 nitrogen and oxygen atoms in total. The standard InChI is InChI=1S/C11H18N2O3S/c14-10(13-4-2-1-3-5-13)6-9-12-8(7-17-9)11(15)16/h8-9,12H,1-7H2,(H,15,16)/t8-,9?/m0/s1. The first-order valence-corrected chi connectivity index (χ1v) is 7.10. The van der Waals surface area contributed by atoms with E-state index in [1.807, 2.05) is 4.90 Å². The van der Waals surface area contributed by atoms with Crippen molar-refractivity contribution in [3.05, 3.63) is 0 Å². The fraction of sp³-hybridized carbons (Fsp3) is 0.818. The zero-order valence-corrected chi connectivity index (χ0v) is 10.5. The quantitative estimate of drug-likeness (QED) is 0.771. The molecular weight excluding hydrogens is 240 g/mol. The molecule has 17 heavy (non-hydrogen) atoms. The minimum atomic E-state index is -0.828. The molecular formula is C11H18N2O3S. The second-order valence-electron chi connectivity index (χ2n) is 4.53. The minimum absolute atomic E-state index is 0.0365. The van der Waals surface area contributed by atoms with Crippen LogP contribution >= 0.6 is 11.8 Å². The monoisotopic (exact) mass is 258 g/mol. The molecule has 1 amide bonds. The number of amides is 1. The highest BCUT2D eigenvalue weighted by molar-refractivity contribution is 8.00. The molecule has 2 rings (SSSR count). The van der Waals surface area contributed by atoms with Crippen LogP contribution in [-0.2, 0) is 9.59 Å². The number of carbonyl (C=O) groups excluding carboxylic acids is 1. The zero-order chi connectivity index (χ0) is 12.3. The van der Waals surface area contributed by atoms with Gasteiger partial charge in [0.2, 0.25) is 5.91 Å². The predicted molar refractivity (Wildman–Crippen MR) is 65.9 cm³/mol. The van der Waals surface area contributed by atoms with Crippen LogP contribution in [0.2, 0.25) is 0 Å². The number of piperidine rings is 1. The van der Waals surface area contributed by atoms with Crippen molar-refractivity contribution in [3.8, 4) is 0 Å². The lowest BCUT2D eigenvalue weighted by Gasteiger charge is -2.27. The fourth-order valence-corrected chi connectivity index (χ4v) is 3.41. The first-order chi connectivity index (χ1) is 8.16. The average Bonchev–Trinajstić information content (AvgIpc) is 2.79. The molecule has 0 bridgehead atoms. The van der Waals surface area contributed by atoms with Crippen LogP contribution < -0.4 is 5.32 Å². The molecule has 0 spiro atoms. The smallest absolute Gasteiger partial charge is 0.321 e. The van der Waals surface area contributed by atoms with E-state index < -0.39 is 12.0 Å². The molecule has 0 radical (unpaired) electrons. The Morgan fingerprint density at radius 2 is 2.00 bits per heavy atom. The minimum Gasteiger partial charge on any atom is -0.480 e. The van der Waals surface area contributed by atoms with Crippen molar-refractivity contribution in [3.63, 3.8) is 0 Å². The van der Waals surface area contributed by atoms with Crippen LogP contribution in [0, 0.1) is 0 Å². The van der Waals surface area contributed by atoms with Crippen LogP contribution in [0.5, 0.6) is 0 Å². The molecule has 6 heteroatoms. The summed E-state index contributed by atoms with van der Waals surface area (Å²) in [6, 6.07) is -0.501. The number of carbonyl (C=O) groups is 2. The molecule has 1 unspecified atom stereocenters. The number of carboxylic acids is 1. The predicted octanol–water partition coefficient (Wildman–Crippen LogP) is 0.505. The van der Waals surface area contributed by atoms with Crippen LogP contribution in [0.3, 0.4) is 0 Å². The van der Waals surface area contributed by atoms with Crippen molar-refractivity contribution in [1.82, 2.24) is 10.2 Å². The van der Waals surface area contributed by atoms with Gasteiger partial charge >= 0.3 is 5.97 Å². The normalized spacial score (nSPS) is 29.3. The van der Waals surface area contributed by atoms with Gasteiger partial charge in [-0.3, -0.25) is 14.9 Å². The molecule has 0 aromatic rings. The molecule has 2 atom stereocenters. The fourth-order valence-electron chi connectivity index (χ4n) is 2.22. The third kappa shape index (κ3) is 3.35. The first-order valence-electron chi connectivity index (χ1n) is 6.05. The summed E-state index contributed by atoms with van der Waals surface area (Å²) < 4.78 is 0. The van der Waals surface area contributed by atoms with Crippen LogP contribution in [-0.4, -0.2) is 52.1 Å². The maximum absolute atomic E-state index is 12.0. The first kappa shape index (κ1) is 12.7. The van der Waals surface area contributed by atoms with E-state index in [1.54, 1.807) is 0 Å². The lowest BCUT2D eigenvalue weighted by molar-refractivity contribution is -0.139. The zero-order valence-electron chi connectivity index (χ0n) is 9.72. The lowest BCUT2D eigenvalue weighted by atomic mass is 10.1. The molecule has 2 aliphatic rings. The molecule has 0 saturated carbocycles. The summed E-state index contributed by atoms with van der Waals surface area (Å²) in [6.45, 7) is 1.72. The number of carboxylic acid groups (broad SMARTS) is 1. The van der Waals surface area contributed by atoms with Crippen molar-refractivity contribution in [2.45, 2.75) is 37.1 Å². The molecule has 0 aliphatic carbocycles. The molecule has 2 aliphatic heterocycles. The highest BCUT2D eigenvalue weighted by atomic mass is 32.2. The Bertz CT molecular complexity index is 305. The van der Waals surface area contributed by atoms with Gasteiger partial charge in [0.05, 0.1) is 11.8 Å². The summed E-state index contributed by atoms with van der Waals surface area (Å²) in [5.74, 6) is -0.126. The average molecular weight is 258 g/mol. The van der Waals surface area contributed by atoms with Gasteiger partial charge in [0.1, 0.15) is 6.04 Å². The van der Waals surface area contributed by atoms with Crippen LogP contribution in [0.25, 0.3) is 0 Å². The Hall–Kier alpha value is -0.750. The molecule has 2 N–H and O–H groups in total. The third-order valence-corrected chi connectivity index (χ3v) is 4.45. The van der Waals surface area contributed by atoms with E-state index >= 15 is 0 Å². The second kappa shape index (κ2) is 5.73. The van der Waals surface area contributed by atoms with E-state index in [2.05, 4.69) is 5.32 Å². The maximum Gasteiger partial charge on any atom is 0.321 e. The van der Waals surface area contributed by atoms with E-state index in [-0.39, 0.29) is 11.3 Å². The van der Waals surface area contributed by atoms with Gasteiger partial charge in [-0.15, -0.1) is 11.8 Å². The van der Waals surface area contributed by atoms with Gasteiger partial charge in [-0.05, 0) is 19.3 Å². The van der Waals surface area contributed by atoms with Gasteiger partial charge < -0.3 is 10.0 Å². The maximum atomic E-state index is 12.0. The number of likely N-dealkylation sites (tertiary alicyclic amines) is 1. The van der Waals surface area contributed by atoms with Gasteiger partial charge in [-0.25, -0.2) is 0 Å². The van der Waals surface area contributed by atoms with Crippen LogP contribution in [0.1, 0.15) is 25.7 Å². The molecule has 2 heterocycles. The molecule has 2 saturated heterocycles. The van der Waals surface area contributed by atoms with Gasteiger partial charge in [0, 0.05) is 18.8 Å². The largest absolute Gasteiger partial charge is 0.480 e. The Labute approximate surface area is 105 Å². The second-order valence-corrected chi connectivity index (χ2v) is 5.76. The number of hydrogen-bond donors (Lipinski definition) is 2. The van der Waals surface area contributed by atoms with Crippen LogP contribution in [0.4, 0.5) is 0 Å². The summed E-state index contributed by atoms with van der Waals surface area (Å²) in [7, 11) is 0. The molecule has 2 fully saturated rings. The highest BCUT2D eigenvalue weighted by Crippen LogP contribution is 2.23. The summed E-state index contributed by atoms with van der Waals surface area (Å²) in [5.41, 5.74) is 0. The summed E-state index contributed by atoms with van der Waals surface area (Å²) in [4.78, 5) is 24.6. The number of thioether (sulfide) groups is 1. The van der Waals surface area contributed by atoms with Gasteiger partial charge in [-0.1, -0.05) is 0 Å². The molecule has 0 aromatic carbocycles. The topological polar surface area (TPSA) is 69.6 Å². The van der Waals surface area contributed by atoms with E-state index in [9.17, 15) is 9.59 Å². The number of hydrogen-bond acceptors (Lipinski definition) is 4. The van der Waals surface area contributed by atoms with Crippen LogP contribution in [0.15, 0.2) is 0 Å². The molecule has 96 valence electrons. The Kier molecular flexibility index (Phi) is 4.28. The SMILES string of the molecule is O=C(O)[C@@H]1CSC(CC(=O)N2CCCCC2)N1. The Morgan fingerprint density at radius 3 is 2.59 bits per heavy atom. The Balaban J connectivity index is 1.77. The number of nitrogens with zero attached hydrogens (tertiary/aromatic N) is 1. The number of nitrogens with one attached hydrogen (secondary N) is 1. The van der Waals surface area contributed by atoms with Crippen molar-refractivity contribution in [1.29, 1.82) is 0 Å². The van der Waals surface area contributed by atoms with Crippen molar-refractivity contribution in [2.24, 2.45) is 0 Å². The Morgan fingerprint density at radius 1 is 1.29 bits per heavy atom. The number of aliphatic carboxylic acids is 1. The van der Waals surface area contributed by atoms with E-state index in [4.69, 9.17) is 5.11 Å². The molecule has 0 aromatic heterocycles. The van der Waals surface area contributed by atoms with Gasteiger partial charge in [-0.2, -0.15) is 0 Å². The van der Waals surface area contributed by atoms with Gasteiger partial charge in [0.15, 0.2) is 0 Å². The van der Waals surface area contributed by atoms with E-state index in [0.717, 1.165) is 25.9 Å². The van der Waals surface area contributed by atoms with Crippen molar-refractivity contribution < 1.29 is 14.7 Å². The highest BCUT2D eigenvalue weighted by Gasteiger charge is 2.31. The summed E-state index contributed by atoms with van der Waals surface area (Å²) >= 11 is 1.53. The number of rotatable bonds is 3. The van der Waals surface area contributed by atoms with E-state index in [0.29, 0.717) is 12.2 Å². The lowest BCUT2D eigenvalue weighted by Crippen LogP contribution is -2.41. The third-order valence-electron chi connectivity index (χ3n) is 3.22. The van der Waals surface area contributed by atoms with Crippen molar-refractivity contribution >= 4 is 23.6 Å². The van der Waals surface area contributed by atoms with E-state index in [1.165, 1.54) is 18.2 Å². The summed E-state index contributed by atoms with van der Waals surface area (Å²) in [6.07, 6.45) is 3.80. The van der Waals surface area contributed by atoms with Gasteiger partial charge in [0.25, 0.3) is 0 Å². The van der Waals surface area contributed by atoms with Crippen molar-refractivity contribution in [2.75, 3.05) is 18.8 Å². The summed E-state index contributed by atoms with van der Waals surface area (Å²) in [5, 5.41) is 11.8.